The fraction of sp³-hybridized carbons (Fsp3) is 0.800. The zero-order valence-corrected chi connectivity index (χ0v) is 12.1. The first kappa shape index (κ1) is 13.1. The highest BCUT2D eigenvalue weighted by Gasteiger charge is 2.25. The van der Waals surface area contributed by atoms with E-state index in [0.717, 1.165) is 30.0 Å². The highest BCUT2D eigenvalue weighted by molar-refractivity contribution is 5.20. The predicted molar refractivity (Wildman–Crippen MR) is 75.0 cm³/mol. The molecule has 19 heavy (non-hydrogen) atoms. The van der Waals surface area contributed by atoms with Crippen LogP contribution >= 0.6 is 0 Å². The average molecular weight is 263 g/mol. The fourth-order valence-corrected chi connectivity index (χ4v) is 2.90. The molecule has 1 aliphatic heterocycles. The number of hydrogen-bond donors (Lipinski definition) is 1. The molecule has 1 aromatic rings. The number of rotatable bonds is 5. The van der Waals surface area contributed by atoms with Crippen molar-refractivity contribution >= 4 is 0 Å². The van der Waals surface area contributed by atoms with Crippen LogP contribution in [0.25, 0.3) is 0 Å². The smallest absolute Gasteiger partial charge is 0.138 e. The molecule has 1 N–H and O–H groups in total. The van der Waals surface area contributed by atoms with E-state index in [9.17, 15) is 0 Å². The highest BCUT2D eigenvalue weighted by atomic mass is 16.5. The van der Waals surface area contributed by atoms with E-state index in [1.807, 2.05) is 13.8 Å². The van der Waals surface area contributed by atoms with E-state index in [1.54, 1.807) is 0 Å². The lowest BCUT2D eigenvalue weighted by Crippen LogP contribution is -2.42. The molecule has 2 heterocycles. The Kier molecular flexibility index (Phi) is 3.89. The molecular formula is C15H25N3O. The first-order valence-electron chi connectivity index (χ1n) is 7.60. The number of aryl methyl sites for hydroxylation is 2. The molecule has 3 rings (SSSR count). The van der Waals surface area contributed by atoms with E-state index < -0.39 is 0 Å². The zero-order chi connectivity index (χ0) is 13.2. The van der Waals surface area contributed by atoms with Crippen molar-refractivity contribution < 1.29 is 4.52 Å². The van der Waals surface area contributed by atoms with Crippen LogP contribution in [-0.2, 0) is 6.54 Å². The summed E-state index contributed by atoms with van der Waals surface area (Å²) in [5.41, 5.74) is 2.33. The van der Waals surface area contributed by atoms with E-state index in [4.69, 9.17) is 4.52 Å². The van der Waals surface area contributed by atoms with Gasteiger partial charge in [-0.1, -0.05) is 5.16 Å². The molecule has 0 spiro atoms. The molecule has 0 unspecified atom stereocenters. The summed E-state index contributed by atoms with van der Waals surface area (Å²) in [6, 6.07) is 0.738. The number of hydrogen-bond acceptors (Lipinski definition) is 4. The Bertz CT molecular complexity index is 398. The van der Waals surface area contributed by atoms with Crippen LogP contribution in [0.5, 0.6) is 0 Å². The summed E-state index contributed by atoms with van der Waals surface area (Å²) in [6.07, 6.45) is 5.43. The van der Waals surface area contributed by atoms with Gasteiger partial charge in [-0.3, -0.25) is 4.90 Å². The van der Waals surface area contributed by atoms with Gasteiger partial charge in [-0.25, -0.2) is 0 Å². The van der Waals surface area contributed by atoms with E-state index in [2.05, 4.69) is 15.4 Å². The van der Waals surface area contributed by atoms with Crippen molar-refractivity contribution in [1.29, 1.82) is 0 Å². The molecule has 1 aromatic heterocycles. The lowest BCUT2D eigenvalue weighted by atomic mass is 10.0. The minimum atomic E-state index is 0.738. The maximum Gasteiger partial charge on any atom is 0.138 e. The molecule has 0 aromatic carbocycles. The summed E-state index contributed by atoms with van der Waals surface area (Å²) in [7, 11) is 0. The molecule has 0 bridgehead atoms. The van der Waals surface area contributed by atoms with Crippen molar-refractivity contribution in [1.82, 2.24) is 15.4 Å². The molecule has 2 fully saturated rings. The van der Waals surface area contributed by atoms with Crippen LogP contribution in [0.1, 0.15) is 42.7 Å². The van der Waals surface area contributed by atoms with E-state index >= 15 is 0 Å². The van der Waals surface area contributed by atoms with Gasteiger partial charge >= 0.3 is 0 Å². The summed E-state index contributed by atoms with van der Waals surface area (Å²) in [6.45, 7) is 8.67. The Labute approximate surface area is 115 Å². The van der Waals surface area contributed by atoms with Crippen LogP contribution in [0.15, 0.2) is 4.52 Å². The lowest BCUT2D eigenvalue weighted by Gasteiger charge is -2.32. The molecule has 2 aliphatic rings. The van der Waals surface area contributed by atoms with Crippen LogP contribution in [-0.4, -0.2) is 35.7 Å². The van der Waals surface area contributed by atoms with E-state index in [0.29, 0.717) is 0 Å². The fourth-order valence-electron chi connectivity index (χ4n) is 2.90. The summed E-state index contributed by atoms with van der Waals surface area (Å²) in [5, 5.41) is 7.77. The zero-order valence-electron chi connectivity index (χ0n) is 12.1. The van der Waals surface area contributed by atoms with Gasteiger partial charge in [0.1, 0.15) is 5.76 Å². The van der Waals surface area contributed by atoms with E-state index in [1.165, 1.54) is 50.9 Å². The second-order valence-corrected chi connectivity index (χ2v) is 6.20. The van der Waals surface area contributed by atoms with Crippen molar-refractivity contribution in [3.8, 4) is 0 Å². The third-order valence-corrected chi connectivity index (χ3v) is 4.54. The largest absolute Gasteiger partial charge is 0.361 e. The van der Waals surface area contributed by atoms with Gasteiger partial charge in [0.2, 0.25) is 0 Å². The van der Waals surface area contributed by atoms with Gasteiger partial charge in [0.25, 0.3) is 0 Å². The maximum atomic E-state index is 5.24. The van der Waals surface area contributed by atoms with Crippen LogP contribution in [0.3, 0.4) is 0 Å². The van der Waals surface area contributed by atoms with Crippen LogP contribution in [0.4, 0.5) is 0 Å². The molecule has 4 heteroatoms. The van der Waals surface area contributed by atoms with Gasteiger partial charge in [0, 0.05) is 18.2 Å². The van der Waals surface area contributed by atoms with Gasteiger partial charge in [-0.2, -0.15) is 0 Å². The maximum absolute atomic E-state index is 5.24. The van der Waals surface area contributed by atoms with Crippen molar-refractivity contribution in [3.05, 3.63) is 17.0 Å². The SMILES string of the molecule is Cc1noc(C)c1CN1CCC(NCC2CC2)CC1. The molecule has 1 aliphatic carbocycles. The van der Waals surface area contributed by atoms with Gasteiger partial charge in [0.15, 0.2) is 0 Å². The number of nitrogens with one attached hydrogen (secondary N) is 1. The molecule has 106 valence electrons. The lowest BCUT2D eigenvalue weighted by molar-refractivity contribution is 0.189. The first-order valence-corrected chi connectivity index (χ1v) is 7.60. The van der Waals surface area contributed by atoms with Crippen LogP contribution in [0, 0.1) is 19.8 Å². The van der Waals surface area contributed by atoms with Gasteiger partial charge in [0.05, 0.1) is 5.69 Å². The third kappa shape index (κ3) is 3.37. The molecule has 4 nitrogen and oxygen atoms in total. The van der Waals surface area contributed by atoms with Crippen molar-refractivity contribution in [2.24, 2.45) is 5.92 Å². The van der Waals surface area contributed by atoms with Gasteiger partial charge in [-0.15, -0.1) is 0 Å². The van der Waals surface area contributed by atoms with Crippen molar-refractivity contribution in [2.45, 2.75) is 52.1 Å². The van der Waals surface area contributed by atoms with E-state index in [-0.39, 0.29) is 0 Å². The Balaban J connectivity index is 1.44. The van der Waals surface area contributed by atoms with Crippen molar-refractivity contribution in [3.63, 3.8) is 0 Å². The summed E-state index contributed by atoms with van der Waals surface area (Å²) in [4.78, 5) is 2.53. The monoisotopic (exact) mass is 263 g/mol. The Morgan fingerprint density at radius 2 is 1.95 bits per heavy atom. The molecule has 1 saturated carbocycles. The van der Waals surface area contributed by atoms with Gasteiger partial charge < -0.3 is 9.84 Å². The standard InChI is InChI=1S/C15H25N3O/c1-11-15(12(2)19-17-11)10-18-7-5-14(6-8-18)16-9-13-3-4-13/h13-14,16H,3-10H2,1-2H3. The number of piperidine rings is 1. The minimum absolute atomic E-state index is 0.738. The van der Waals surface area contributed by atoms with Crippen molar-refractivity contribution in [2.75, 3.05) is 19.6 Å². The highest BCUT2D eigenvalue weighted by Crippen LogP contribution is 2.28. The van der Waals surface area contributed by atoms with Crippen LogP contribution in [0.2, 0.25) is 0 Å². The Morgan fingerprint density at radius 3 is 2.53 bits per heavy atom. The molecule has 0 radical (unpaired) electrons. The molecule has 0 atom stereocenters. The quantitative estimate of drug-likeness (QED) is 0.884. The number of aromatic nitrogens is 1. The second kappa shape index (κ2) is 5.63. The molecule has 0 amide bonds. The normalized spacial score (nSPS) is 22.0. The third-order valence-electron chi connectivity index (χ3n) is 4.54. The topological polar surface area (TPSA) is 41.3 Å². The summed E-state index contributed by atoms with van der Waals surface area (Å²) in [5.74, 6) is 1.96. The van der Waals surface area contributed by atoms with Crippen LogP contribution < -0.4 is 5.32 Å². The first-order chi connectivity index (χ1) is 9.22. The average Bonchev–Trinajstić information content (AvgIpc) is 3.20. The number of likely N-dealkylation sites (tertiary alicyclic amines) is 1. The number of nitrogens with zero attached hydrogens (tertiary/aromatic N) is 2. The predicted octanol–water partition coefficient (Wildman–Crippen LogP) is 2.26. The summed E-state index contributed by atoms with van der Waals surface area (Å²) >= 11 is 0. The molecule has 1 saturated heterocycles. The molecular weight excluding hydrogens is 238 g/mol. The minimum Gasteiger partial charge on any atom is -0.361 e. The Morgan fingerprint density at radius 1 is 1.21 bits per heavy atom. The summed E-state index contributed by atoms with van der Waals surface area (Å²) < 4.78 is 5.24. The Hall–Kier alpha value is -0.870. The van der Waals surface area contributed by atoms with Gasteiger partial charge in [-0.05, 0) is 65.1 Å². The second-order valence-electron chi connectivity index (χ2n) is 6.20.